The summed E-state index contributed by atoms with van der Waals surface area (Å²) >= 11 is 0. The van der Waals surface area contributed by atoms with Crippen molar-refractivity contribution >= 4 is 23.3 Å². The monoisotopic (exact) mass is 393 g/mol. The van der Waals surface area contributed by atoms with Gasteiger partial charge in [-0.05, 0) is 52.8 Å². The molecule has 5 heteroatoms. The molecular weight excluding hydrogens is 362 g/mol. The van der Waals surface area contributed by atoms with E-state index >= 15 is 0 Å². The molecule has 0 saturated carbocycles. The molecule has 3 rings (SSSR count). The fourth-order valence-corrected chi connectivity index (χ4v) is 3.54. The van der Waals surface area contributed by atoms with Gasteiger partial charge in [0.25, 0.3) is 0 Å². The zero-order valence-corrected chi connectivity index (χ0v) is 18.0. The van der Waals surface area contributed by atoms with Gasteiger partial charge >= 0.3 is 6.03 Å². The predicted molar refractivity (Wildman–Crippen MR) is 118 cm³/mol. The van der Waals surface area contributed by atoms with Crippen molar-refractivity contribution in [3.8, 4) is 0 Å². The van der Waals surface area contributed by atoms with E-state index in [-0.39, 0.29) is 23.3 Å². The van der Waals surface area contributed by atoms with Crippen molar-refractivity contribution in [1.29, 1.82) is 0 Å². The summed E-state index contributed by atoms with van der Waals surface area (Å²) < 4.78 is 0. The molecule has 1 aliphatic heterocycles. The highest BCUT2D eigenvalue weighted by molar-refractivity contribution is 5.99. The molecule has 2 aromatic rings. The van der Waals surface area contributed by atoms with E-state index in [0.717, 1.165) is 29.9 Å². The number of benzene rings is 2. The number of rotatable bonds is 3. The molecule has 0 aliphatic carbocycles. The smallest absolute Gasteiger partial charge is 0.323 e. The van der Waals surface area contributed by atoms with Crippen molar-refractivity contribution in [2.45, 2.75) is 53.0 Å². The van der Waals surface area contributed by atoms with Gasteiger partial charge in [-0.3, -0.25) is 4.79 Å². The van der Waals surface area contributed by atoms with E-state index in [9.17, 15) is 9.59 Å². The Bertz CT molecular complexity index is 895. The minimum absolute atomic E-state index is 0.00620. The molecule has 0 fully saturated rings. The molecule has 5 nitrogen and oxygen atoms in total. The summed E-state index contributed by atoms with van der Waals surface area (Å²) in [7, 11) is 0. The number of hydrogen-bond acceptors (Lipinski definition) is 2. The lowest BCUT2D eigenvalue weighted by molar-refractivity contribution is -0.135. The topological polar surface area (TPSA) is 61.4 Å². The van der Waals surface area contributed by atoms with Crippen molar-refractivity contribution in [2.24, 2.45) is 5.92 Å². The van der Waals surface area contributed by atoms with Crippen LogP contribution in [0.25, 0.3) is 0 Å². The van der Waals surface area contributed by atoms with Gasteiger partial charge in [0.15, 0.2) is 0 Å². The van der Waals surface area contributed by atoms with Crippen molar-refractivity contribution in [1.82, 2.24) is 4.90 Å². The second-order valence-corrected chi connectivity index (χ2v) is 9.05. The first-order valence-electron chi connectivity index (χ1n) is 10.2. The number of urea groups is 1. The highest BCUT2D eigenvalue weighted by atomic mass is 16.2. The Morgan fingerprint density at radius 3 is 2.17 bits per heavy atom. The summed E-state index contributed by atoms with van der Waals surface area (Å²) in [4.78, 5) is 26.6. The van der Waals surface area contributed by atoms with Crippen LogP contribution in [-0.2, 0) is 23.2 Å². The molecule has 0 radical (unpaired) electrons. The summed E-state index contributed by atoms with van der Waals surface area (Å²) in [5, 5.41) is 5.78. The average Bonchev–Trinajstić information content (AvgIpc) is 2.66. The highest BCUT2D eigenvalue weighted by Gasteiger charge is 2.22. The molecule has 1 heterocycles. The maximum absolute atomic E-state index is 12.4. The van der Waals surface area contributed by atoms with E-state index in [1.54, 1.807) is 0 Å². The largest absolute Gasteiger partial charge is 0.338 e. The lowest BCUT2D eigenvalue weighted by Gasteiger charge is -2.30. The number of fused-ring (bicyclic) bond motifs is 1. The molecule has 0 bridgehead atoms. The summed E-state index contributed by atoms with van der Waals surface area (Å²) in [6.07, 6.45) is 0.848. The van der Waals surface area contributed by atoms with Crippen LogP contribution in [0.5, 0.6) is 0 Å². The fraction of sp³-hybridized carbons (Fsp3) is 0.417. The van der Waals surface area contributed by atoms with E-state index in [1.165, 1.54) is 11.1 Å². The first-order valence-corrected chi connectivity index (χ1v) is 10.2. The third-order valence-corrected chi connectivity index (χ3v) is 5.29. The molecular formula is C24H31N3O2. The summed E-state index contributed by atoms with van der Waals surface area (Å²) in [6, 6.07) is 13.6. The number of carbonyl (C=O) groups excluding carboxylic acids is 2. The van der Waals surface area contributed by atoms with Gasteiger partial charge in [-0.1, -0.05) is 52.8 Å². The number of nitrogens with one attached hydrogen (secondary N) is 2. The van der Waals surface area contributed by atoms with E-state index in [1.807, 2.05) is 61.2 Å². The van der Waals surface area contributed by atoms with Gasteiger partial charge in [0, 0.05) is 30.4 Å². The Kier molecular flexibility index (Phi) is 5.96. The molecule has 0 atom stereocenters. The molecule has 2 aromatic carbocycles. The Hall–Kier alpha value is -2.82. The van der Waals surface area contributed by atoms with Crippen molar-refractivity contribution in [2.75, 3.05) is 17.2 Å². The molecule has 3 amide bonds. The molecule has 2 N–H and O–H groups in total. The zero-order chi connectivity index (χ0) is 21.2. The number of amides is 3. The fourth-order valence-electron chi connectivity index (χ4n) is 3.54. The van der Waals surface area contributed by atoms with Crippen LogP contribution in [0, 0.1) is 5.92 Å². The van der Waals surface area contributed by atoms with Gasteiger partial charge < -0.3 is 15.5 Å². The van der Waals surface area contributed by atoms with E-state index in [0.29, 0.717) is 6.54 Å². The number of anilines is 2. The lowest BCUT2D eigenvalue weighted by Crippen LogP contribution is -2.38. The van der Waals surface area contributed by atoms with Gasteiger partial charge in [-0.15, -0.1) is 0 Å². The van der Waals surface area contributed by atoms with E-state index in [2.05, 4.69) is 31.4 Å². The maximum atomic E-state index is 12.4. The Morgan fingerprint density at radius 2 is 1.55 bits per heavy atom. The number of carbonyl (C=O) groups is 2. The summed E-state index contributed by atoms with van der Waals surface area (Å²) in [5.74, 6) is 0.166. The second kappa shape index (κ2) is 8.27. The van der Waals surface area contributed by atoms with Crippen molar-refractivity contribution < 1.29 is 9.59 Å². The van der Waals surface area contributed by atoms with Crippen molar-refractivity contribution in [3.63, 3.8) is 0 Å². The van der Waals surface area contributed by atoms with Crippen molar-refractivity contribution in [3.05, 3.63) is 59.2 Å². The van der Waals surface area contributed by atoms with Crippen LogP contribution < -0.4 is 10.6 Å². The average molecular weight is 394 g/mol. The zero-order valence-electron chi connectivity index (χ0n) is 18.0. The van der Waals surface area contributed by atoms with E-state index < -0.39 is 0 Å². The van der Waals surface area contributed by atoms with Crippen LogP contribution >= 0.6 is 0 Å². The van der Waals surface area contributed by atoms with Crippen LogP contribution in [0.15, 0.2) is 42.5 Å². The van der Waals surface area contributed by atoms with Crippen LogP contribution in [0.2, 0.25) is 0 Å². The minimum atomic E-state index is -0.278. The summed E-state index contributed by atoms with van der Waals surface area (Å²) in [5.41, 5.74) is 5.11. The number of hydrogen-bond donors (Lipinski definition) is 2. The van der Waals surface area contributed by atoms with Crippen LogP contribution in [-0.4, -0.2) is 23.4 Å². The molecule has 0 unspecified atom stereocenters. The maximum Gasteiger partial charge on any atom is 0.323 e. The Labute approximate surface area is 173 Å². The predicted octanol–water partition coefficient (Wildman–Crippen LogP) is 5.17. The van der Waals surface area contributed by atoms with Gasteiger partial charge in [0.1, 0.15) is 0 Å². The first-order chi connectivity index (χ1) is 13.6. The van der Waals surface area contributed by atoms with E-state index in [4.69, 9.17) is 0 Å². The molecule has 29 heavy (non-hydrogen) atoms. The van der Waals surface area contributed by atoms with Gasteiger partial charge in [0.2, 0.25) is 5.91 Å². The molecule has 1 aliphatic rings. The Balaban J connectivity index is 1.64. The minimum Gasteiger partial charge on any atom is -0.338 e. The SMILES string of the molecule is CC(C)C(=O)N1CCc2ccc(NC(=O)Nc3ccc(C(C)(C)C)cc3)cc2C1. The quantitative estimate of drug-likeness (QED) is 0.756. The molecule has 154 valence electrons. The number of nitrogens with zero attached hydrogens (tertiary/aromatic N) is 1. The molecule has 0 spiro atoms. The van der Waals surface area contributed by atoms with Gasteiger partial charge in [-0.25, -0.2) is 4.79 Å². The third-order valence-electron chi connectivity index (χ3n) is 5.29. The standard InChI is InChI=1S/C24H31N3O2/c1-16(2)22(28)27-13-12-17-6-9-21(14-18(17)15-27)26-23(29)25-20-10-7-19(8-11-20)24(3,4)5/h6-11,14,16H,12-13,15H2,1-5H3,(H2,25,26,29). The molecule has 0 aromatic heterocycles. The molecule has 0 saturated heterocycles. The van der Waals surface area contributed by atoms with Gasteiger partial charge in [-0.2, -0.15) is 0 Å². The Morgan fingerprint density at radius 1 is 0.931 bits per heavy atom. The highest BCUT2D eigenvalue weighted by Crippen LogP contribution is 2.25. The second-order valence-electron chi connectivity index (χ2n) is 9.05. The third kappa shape index (κ3) is 5.17. The van der Waals surface area contributed by atoms with Crippen LogP contribution in [0.3, 0.4) is 0 Å². The lowest BCUT2D eigenvalue weighted by atomic mass is 9.87. The normalized spacial score (nSPS) is 13.8. The van der Waals surface area contributed by atoms with Gasteiger partial charge in [0.05, 0.1) is 0 Å². The van der Waals surface area contributed by atoms with Crippen LogP contribution in [0.1, 0.15) is 51.3 Å². The van der Waals surface area contributed by atoms with Crippen LogP contribution in [0.4, 0.5) is 16.2 Å². The summed E-state index contributed by atoms with van der Waals surface area (Å²) in [6.45, 7) is 11.7. The first kappa shape index (κ1) is 20.9.